The van der Waals surface area contributed by atoms with E-state index in [2.05, 4.69) is 10.5 Å². The normalized spacial score (nSPS) is 14.2. The first kappa shape index (κ1) is 21.1. The van der Waals surface area contributed by atoms with Crippen LogP contribution in [0.2, 0.25) is 5.02 Å². The standard InChI is InChI=1S/C24H23ClN2O4/c1-14-22(26-24(29)30-15(2)19-5-3-4-6-20(19)25)23(31-27-14)18-9-7-16(8-10-18)13-21(28)17-11-12-17/h3-10,15,17H,11-13H2,1-2H3,(H,26,29). The predicted octanol–water partition coefficient (Wildman–Crippen LogP) is 6.13. The summed E-state index contributed by atoms with van der Waals surface area (Å²) in [6, 6.07) is 14.7. The number of nitrogens with zero attached hydrogens (tertiary/aromatic N) is 1. The number of carbonyl (C=O) groups is 2. The Bertz CT molecular complexity index is 1100. The Morgan fingerprint density at radius 3 is 2.58 bits per heavy atom. The molecule has 1 heterocycles. The van der Waals surface area contributed by atoms with Gasteiger partial charge in [0.1, 0.15) is 23.3 Å². The number of anilines is 1. The van der Waals surface area contributed by atoms with Crippen molar-refractivity contribution in [2.75, 3.05) is 5.32 Å². The van der Waals surface area contributed by atoms with E-state index in [0.717, 1.165) is 29.5 Å². The summed E-state index contributed by atoms with van der Waals surface area (Å²) < 4.78 is 10.9. The summed E-state index contributed by atoms with van der Waals surface area (Å²) in [4.78, 5) is 24.5. The van der Waals surface area contributed by atoms with Crippen molar-refractivity contribution in [3.8, 4) is 11.3 Å². The molecule has 0 spiro atoms. The Labute approximate surface area is 185 Å². The van der Waals surface area contributed by atoms with E-state index in [1.807, 2.05) is 42.5 Å². The van der Waals surface area contributed by atoms with Crippen LogP contribution >= 0.6 is 11.6 Å². The molecule has 1 aliphatic rings. The molecule has 3 aromatic rings. The van der Waals surface area contributed by atoms with E-state index in [1.165, 1.54) is 0 Å². The molecule has 1 unspecified atom stereocenters. The third-order valence-electron chi connectivity index (χ3n) is 5.34. The Hall–Kier alpha value is -3.12. The number of rotatable bonds is 7. The number of hydrogen-bond donors (Lipinski definition) is 1. The highest BCUT2D eigenvalue weighted by Gasteiger charge is 2.29. The van der Waals surface area contributed by atoms with Gasteiger partial charge in [-0.05, 0) is 38.3 Å². The second-order valence-electron chi connectivity index (χ2n) is 7.78. The number of halogens is 1. The van der Waals surface area contributed by atoms with Gasteiger partial charge in [0.05, 0.1) is 0 Å². The van der Waals surface area contributed by atoms with Crippen LogP contribution in [0.4, 0.5) is 10.5 Å². The average Bonchev–Trinajstić information content (AvgIpc) is 3.54. The number of ketones is 1. The van der Waals surface area contributed by atoms with Crippen molar-refractivity contribution >= 4 is 29.2 Å². The molecule has 1 N–H and O–H groups in total. The van der Waals surface area contributed by atoms with Gasteiger partial charge in [-0.15, -0.1) is 0 Å². The third-order valence-corrected chi connectivity index (χ3v) is 5.69. The zero-order valence-electron chi connectivity index (χ0n) is 17.4. The number of aryl methyl sites for hydroxylation is 1. The van der Waals surface area contributed by atoms with Crippen LogP contribution in [-0.4, -0.2) is 17.0 Å². The van der Waals surface area contributed by atoms with Crippen molar-refractivity contribution < 1.29 is 18.8 Å². The van der Waals surface area contributed by atoms with Crippen molar-refractivity contribution in [1.29, 1.82) is 0 Å². The van der Waals surface area contributed by atoms with Gasteiger partial charge in [-0.1, -0.05) is 59.2 Å². The minimum absolute atomic E-state index is 0.242. The molecule has 1 saturated carbocycles. The maximum atomic E-state index is 12.5. The molecule has 2 aromatic carbocycles. The van der Waals surface area contributed by atoms with Crippen LogP contribution in [0.3, 0.4) is 0 Å². The number of hydrogen-bond acceptors (Lipinski definition) is 5. The summed E-state index contributed by atoms with van der Waals surface area (Å²) in [7, 11) is 0. The molecule has 160 valence electrons. The molecule has 0 bridgehead atoms. The molecule has 6 nitrogen and oxygen atoms in total. The zero-order chi connectivity index (χ0) is 22.0. The second kappa shape index (κ2) is 8.94. The first-order valence-corrected chi connectivity index (χ1v) is 10.6. The summed E-state index contributed by atoms with van der Waals surface area (Å²) in [5, 5.41) is 7.24. The van der Waals surface area contributed by atoms with Gasteiger partial charge in [0, 0.05) is 28.5 Å². The molecule has 0 saturated heterocycles. The van der Waals surface area contributed by atoms with E-state index in [1.54, 1.807) is 19.9 Å². The lowest BCUT2D eigenvalue weighted by molar-refractivity contribution is -0.119. The smallest absolute Gasteiger partial charge is 0.412 e. The second-order valence-corrected chi connectivity index (χ2v) is 8.19. The average molecular weight is 439 g/mol. The van der Waals surface area contributed by atoms with Crippen LogP contribution in [0.1, 0.15) is 42.7 Å². The molecule has 7 heteroatoms. The highest BCUT2D eigenvalue weighted by molar-refractivity contribution is 6.31. The maximum Gasteiger partial charge on any atom is 0.412 e. The lowest BCUT2D eigenvalue weighted by Gasteiger charge is -2.15. The van der Waals surface area contributed by atoms with Crippen LogP contribution in [0.5, 0.6) is 0 Å². The molecule has 31 heavy (non-hydrogen) atoms. The first-order valence-electron chi connectivity index (χ1n) is 10.2. The highest BCUT2D eigenvalue weighted by atomic mass is 35.5. The molecular formula is C24H23ClN2O4. The third kappa shape index (κ3) is 4.97. The van der Waals surface area contributed by atoms with Crippen molar-refractivity contribution in [2.45, 2.75) is 39.2 Å². The van der Waals surface area contributed by atoms with Crippen molar-refractivity contribution in [3.63, 3.8) is 0 Å². The van der Waals surface area contributed by atoms with Crippen molar-refractivity contribution in [3.05, 3.63) is 70.4 Å². The Morgan fingerprint density at radius 1 is 1.19 bits per heavy atom. The molecule has 4 rings (SSSR count). The number of Topliss-reactive ketones (excluding diaryl/α,β-unsaturated/α-hetero) is 1. The van der Waals surface area contributed by atoms with Crippen LogP contribution in [-0.2, 0) is 16.0 Å². The van der Waals surface area contributed by atoms with Crippen LogP contribution in [0.15, 0.2) is 53.1 Å². The van der Waals surface area contributed by atoms with Crippen LogP contribution in [0, 0.1) is 12.8 Å². The monoisotopic (exact) mass is 438 g/mol. The lowest BCUT2D eigenvalue weighted by atomic mass is 10.0. The van der Waals surface area contributed by atoms with E-state index in [9.17, 15) is 9.59 Å². The van der Waals surface area contributed by atoms with E-state index in [4.69, 9.17) is 20.9 Å². The fourth-order valence-corrected chi connectivity index (χ4v) is 3.69. The van der Waals surface area contributed by atoms with Crippen LogP contribution in [0.25, 0.3) is 11.3 Å². The van der Waals surface area contributed by atoms with Gasteiger partial charge in [-0.25, -0.2) is 4.79 Å². The predicted molar refractivity (Wildman–Crippen MR) is 118 cm³/mol. The minimum Gasteiger partial charge on any atom is -0.441 e. The topological polar surface area (TPSA) is 81.4 Å². The molecular weight excluding hydrogens is 416 g/mol. The Kier molecular flexibility index (Phi) is 6.09. The molecule has 1 aromatic heterocycles. The number of amides is 1. The molecule has 1 fully saturated rings. The number of ether oxygens (including phenoxy) is 1. The SMILES string of the molecule is Cc1noc(-c2ccc(CC(=O)C3CC3)cc2)c1NC(=O)OC(C)c1ccccc1Cl. The quantitative estimate of drug-likeness (QED) is 0.479. The van der Waals surface area contributed by atoms with E-state index in [-0.39, 0.29) is 5.92 Å². The minimum atomic E-state index is -0.633. The van der Waals surface area contributed by atoms with Crippen molar-refractivity contribution in [2.24, 2.45) is 5.92 Å². The maximum absolute atomic E-state index is 12.5. The summed E-state index contributed by atoms with van der Waals surface area (Å²) in [5.74, 6) is 0.965. The lowest BCUT2D eigenvalue weighted by Crippen LogP contribution is -2.17. The fourth-order valence-electron chi connectivity index (χ4n) is 3.40. The molecule has 1 atom stereocenters. The van der Waals surface area contributed by atoms with E-state index in [0.29, 0.717) is 34.4 Å². The van der Waals surface area contributed by atoms with Gasteiger partial charge in [-0.3, -0.25) is 10.1 Å². The van der Waals surface area contributed by atoms with Gasteiger partial charge >= 0.3 is 6.09 Å². The summed E-state index contributed by atoms with van der Waals surface area (Å²) in [6.45, 7) is 3.49. The van der Waals surface area contributed by atoms with Gasteiger partial charge < -0.3 is 9.26 Å². The molecule has 0 radical (unpaired) electrons. The van der Waals surface area contributed by atoms with Gasteiger partial charge in [-0.2, -0.15) is 0 Å². The Morgan fingerprint density at radius 2 is 1.90 bits per heavy atom. The fraction of sp³-hybridized carbons (Fsp3) is 0.292. The highest BCUT2D eigenvalue weighted by Crippen LogP contribution is 2.33. The molecule has 1 aliphatic carbocycles. The van der Waals surface area contributed by atoms with Crippen LogP contribution < -0.4 is 5.32 Å². The number of carbonyl (C=O) groups excluding carboxylic acids is 2. The van der Waals surface area contributed by atoms with Gasteiger partial charge in [0.25, 0.3) is 0 Å². The summed E-state index contributed by atoms with van der Waals surface area (Å²) in [6.07, 6.45) is 1.30. The number of benzene rings is 2. The number of nitrogens with one attached hydrogen (secondary N) is 1. The largest absolute Gasteiger partial charge is 0.441 e. The first-order chi connectivity index (χ1) is 14.9. The molecule has 1 amide bonds. The molecule has 0 aliphatic heterocycles. The number of aromatic nitrogens is 1. The van der Waals surface area contributed by atoms with Gasteiger partial charge in [0.2, 0.25) is 0 Å². The van der Waals surface area contributed by atoms with E-state index >= 15 is 0 Å². The summed E-state index contributed by atoms with van der Waals surface area (Å²) in [5.41, 5.74) is 3.40. The zero-order valence-corrected chi connectivity index (χ0v) is 18.1. The van der Waals surface area contributed by atoms with E-state index < -0.39 is 12.2 Å². The summed E-state index contributed by atoms with van der Waals surface area (Å²) >= 11 is 6.18. The van der Waals surface area contributed by atoms with Gasteiger partial charge in [0.15, 0.2) is 5.76 Å². The van der Waals surface area contributed by atoms with Crippen molar-refractivity contribution in [1.82, 2.24) is 5.16 Å². The Balaban J connectivity index is 1.45.